The SMILES string of the molecule is CC(C)C(C)Oc1nc[nH]c(=O)c1I. The van der Waals surface area contributed by atoms with Crippen LogP contribution in [0.2, 0.25) is 0 Å². The second-order valence-corrected chi connectivity index (χ2v) is 4.50. The molecule has 0 fully saturated rings. The third-order valence-electron chi connectivity index (χ3n) is 2.00. The van der Waals surface area contributed by atoms with Crippen LogP contribution in [0.4, 0.5) is 0 Å². The minimum Gasteiger partial charge on any atom is -0.473 e. The van der Waals surface area contributed by atoms with Gasteiger partial charge in [0.2, 0.25) is 5.88 Å². The molecular formula is C9H13IN2O2. The highest BCUT2D eigenvalue weighted by Crippen LogP contribution is 2.16. The molecular weight excluding hydrogens is 295 g/mol. The van der Waals surface area contributed by atoms with Gasteiger partial charge in [-0.05, 0) is 35.4 Å². The molecule has 1 unspecified atom stereocenters. The Bertz CT molecular complexity index is 362. The van der Waals surface area contributed by atoms with Gasteiger partial charge in [0.05, 0.1) is 12.4 Å². The highest BCUT2D eigenvalue weighted by atomic mass is 127. The minimum atomic E-state index is -0.161. The lowest BCUT2D eigenvalue weighted by molar-refractivity contribution is 0.161. The maximum absolute atomic E-state index is 11.2. The molecule has 0 amide bonds. The van der Waals surface area contributed by atoms with Crippen molar-refractivity contribution < 1.29 is 4.74 Å². The van der Waals surface area contributed by atoms with E-state index in [9.17, 15) is 4.79 Å². The summed E-state index contributed by atoms with van der Waals surface area (Å²) in [5, 5.41) is 0. The van der Waals surface area contributed by atoms with E-state index in [0.29, 0.717) is 15.4 Å². The summed E-state index contributed by atoms with van der Waals surface area (Å²) in [4.78, 5) is 17.7. The molecule has 0 saturated heterocycles. The molecule has 1 atom stereocenters. The summed E-state index contributed by atoms with van der Waals surface area (Å²) in [5.41, 5.74) is -0.161. The number of hydrogen-bond donors (Lipinski definition) is 1. The van der Waals surface area contributed by atoms with Crippen molar-refractivity contribution in [3.05, 3.63) is 20.3 Å². The van der Waals surface area contributed by atoms with E-state index in [1.807, 2.05) is 29.5 Å². The largest absolute Gasteiger partial charge is 0.473 e. The van der Waals surface area contributed by atoms with E-state index < -0.39 is 0 Å². The van der Waals surface area contributed by atoms with Gasteiger partial charge >= 0.3 is 0 Å². The Labute approximate surface area is 96.2 Å². The lowest BCUT2D eigenvalue weighted by Gasteiger charge is -2.17. The van der Waals surface area contributed by atoms with Crippen LogP contribution in [0.3, 0.4) is 0 Å². The van der Waals surface area contributed by atoms with Gasteiger partial charge in [0.15, 0.2) is 0 Å². The first kappa shape index (κ1) is 11.5. The van der Waals surface area contributed by atoms with Crippen molar-refractivity contribution in [2.75, 3.05) is 0 Å². The summed E-state index contributed by atoms with van der Waals surface area (Å²) in [5.74, 6) is 0.808. The Kier molecular flexibility index (Phi) is 3.91. The molecule has 1 rings (SSSR count). The van der Waals surface area contributed by atoms with Crippen molar-refractivity contribution in [3.63, 3.8) is 0 Å². The average Bonchev–Trinajstić information content (AvgIpc) is 2.12. The molecule has 0 spiro atoms. The van der Waals surface area contributed by atoms with Crippen LogP contribution in [0.1, 0.15) is 20.8 Å². The number of aromatic nitrogens is 2. The molecule has 1 aromatic rings. The van der Waals surface area contributed by atoms with E-state index in [2.05, 4.69) is 23.8 Å². The molecule has 0 aliphatic carbocycles. The topological polar surface area (TPSA) is 55.0 Å². The summed E-state index contributed by atoms with van der Waals surface area (Å²) >= 11 is 1.93. The molecule has 5 heteroatoms. The first-order chi connectivity index (χ1) is 6.52. The van der Waals surface area contributed by atoms with E-state index in [-0.39, 0.29) is 11.7 Å². The smallest absolute Gasteiger partial charge is 0.268 e. The molecule has 0 aliphatic heterocycles. The fourth-order valence-electron chi connectivity index (χ4n) is 0.761. The number of aromatic amines is 1. The predicted octanol–water partition coefficient (Wildman–Crippen LogP) is 1.80. The summed E-state index contributed by atoms with van der Waals surface area (Å²) in [6.07, 6.45) is 1.41. The standard InChI is InChI=1S/C9H13IN2O2/c1-5(2)6(3)14-9-7(10)8(13)11-4-12-9/h4-6H,1-3H3,(H,11,12,13). The molecule has 0 aromatic carbocycles. The number of halogens is 1. The van der Waals surface area contributed by atoms with Gasteiger partial charge < -0.3 is 9.72 Å². The molecule has 0 saturated carbocycles. The zero-order chi connectivity index (χ0) is 10.7. The molecule has 0 radical (unpaired) electrons. The molecule has 78 valence electrons. The fourth-order valence-corrected chi connectivity index (χ4v) is 1.18. The summed E-state index contributed by atoms with van der Waals surface area (Å²) in [7, 11) is 0. The van der Waals surface area contributed by atoms with E-state index in [1.54, 1.807) is 0 Å². The van der Waals surface area contributed by atoms with Crippen LogP contribution in [0, 0.1) is 9.49 Å². The fraction of sp³-hybridized carbons (Fsp3) is 0.556. The van der Waals surface area contributed by atoms with E-state index in [1.165, 1.54) is 6.33 Å². The third-order valence-corrected chi connectivity index (χ3v) is 2.95. The summed E-state index contributed by atoms with van der Waals surface area (Å²) < 4.78 is 6.05. The number of H-pyrrole nitrogens is 1. The zero-order valence-electron chi connectivity index (χ0n) is 8.37. The Morgan fingerprint density at radius 1 is 1.50 bits per heavy atom. The van der Waals surface area contributed by atoms with E-state index in [4.69, 9.17) is 4.74 Å². The third kappa shape index (κ3) is 2.70. The van der Waals surface area contributed by atoms with Crippen molar-refractivity contribution >= 4 is 22.6 Å². The molecule has 0 bridgehead atoms. The van der Waals surface area contributed by atoms with Gasteiger partial charge in [0, 0.05) is 0 Å². The Balaban J connectivity index is 2.87. The lowest BCUT2D eigenvalue weighted by Crippen LogP contribution is -2.22. The quantitative estimate of drug-likeness (QED) is 0.866. The Morgan fingerprint density at radius 3 is 2.71 bits per heavy atom. The van der Waals surface area contributed by atoms with Gasteiger partial charge in [-0.15, -0.1) is 0 Å². The van der Waals surface area contributed by atoms with Crippen LogP contribution in [0.15, 0.2) is 11.1 Å². The molecule has 1 aromatic heterocycles. The van der Waals surface area contributed by atoms with Crippen molar-refractivity contribution in [1.29, 1.82) is 0 Å². The number of hydrogen-bond acceptors (Lipinski definition) is 3. The molecule has 4 nitrogen and oxygen atoms in total. The lowest BCUT2D eigenvalue weighted by atomic mass is 10.1. The zero-order valence-corrected chi connectivity index (χ0v) is 10.5. The van der Waals surface area contributed by atoms with E-state index in [0.717, 1.165) is 0 Å². The van der Waals surface area contributed by atoms with Crippen LogP contribution in [-0.4, -0.2) is 16.1 Å². The van der Waals surface area contributed by atoms with Crippen molar-refractivity contribution in [1.82, 2.24) is 9.97 Å². The highest BCUT2D eigenvalue weighted by Gasteiger charge is 2.13. The van der Waals surface area contributed by atoms with Crippen LogP contribution in [0.25, 0.3) is 0 Å². The summed E-state index contributed by atoms with van der Waals surface area (Å²) in [6.45, 7) is 6.08. The number of ether oxygens (including phenoxy) is 1. The molecule has 1 heterocycles. The number of rotatable bonds is 3. The molecule has 1 N–H and O–H groups in total. The monoisotopic (exact) mass is 308 g/mol. The normalized spacial score (nSPS) is 12.9. The first-order valence-corrected chi connectivity index (χ1v) is 5.50. The summed E-state index contributed by atoms with van der Waals surface area (Å²) in [6, 6.07) is 0. The van der Waals surface area contributed by atoms with E-state index >= 15 is 0 Å². The van der Waals surface area contributed by atoms with Crippen molar-refractivity contribution in [2.24, 2.45) is 5.92 Å². The minimum absolute atomic E-state index is 0.0535. The highest BCUT2D eigenvalue weighted by molar-refractivity contribution is 14.1. The number of nitrogens with one attached hydrogen (secondary N) is 1. The van der Waals surface area contributed by atoms with Gasteiger partial charge in [-0.1, -0.05) is 13.8 Å². The van der Waals surface area contributed by atoms with Crippen LogP contribution in [-0.2, 0) is 0 Å². The van der Waals surface area contributed by atoms with Gasteiger partial charge in [0.1, 0.15) is 3.57 Å². The van der Waals surface area contributed by atoms with Crippen LogP contribution < -0.4 is 10.3 Å². The Morgan fingerprint density at radius 2 is 2.14 bits per heavy atom. The van der Waals surface area contributed by atoms with Gasteiger partial charge in [-0.2, -0.15) is 0 Å². The van der Waals surface area contributed by atoms with Gasteiger partial charge in [0.25, 0.3) is 5.56 Å². The Hall–Kier alpha value is -0.590. The second kappa shape index (κ2) is 4.77. The van der Waals surface area contributed by atoms with Crippen LogP contribution in [0.5, 0.6) is 5.88 Å². The maximum atomic E-state index is 11.2. The van der Waals surface area contributed by atoms with Crippen LogP contribution >= 0.6 is 22.6 Å². The maximum Gasteiger partial charge on any atom is 0.268 e. The van der Waals surface area contributed by atoms with Crippen molar-refractivity contribution in [3.8, 4) is 5.88 Å². The molecule has 0 aliphatic rings. The molecule has 14 heavy (non-hydrogen) atoms. The van der Waals surface area contributed by atoms with Gasteiger partial charge in [-0.3, -0.25) is 4.79 Å². The van der Waals surface area contributed by atoms with Gasteiger partial charge in [-0.25, -0.2) is 4.98 Å². The van der Waals surface area contributed by atoms with Crippen molar-refractivity contribution in [2.45, 2.75) is 26.9 Å². The second-order valence-electron chi connectivity index (χ2n) is 3.42. The number of nitrogens with zero attached hydrogens (tertiary/aromatic N) is 1. The predicted molar refractivity (Wildman–Crippen MR) is 62.5 cm³/mol. The first-order valence-electron chi connectivity index (χ1n) is 4.42. The average molecular weight is 308 g/mol.